The molecule has 6 nitrogen and oxygen atoms in total. The summed E-state index contributed by atoms with van der Waals surface area (Å²) < 4.78 is 5.35. The molecule has 3 heterocycles. The number of hydrogen-bond donors (Lipinski definition) is 0. The van der Waals surface area contributed by atoms with Crippen LogP contribution in [0.2, 0.25) is 0 Å². The fourth-order valence-corrected chi connectivity index (χ4v) is 4.01. The van der Waals surface area contributed by atoms with E-state index in [1.165, 1.54) is 31.5 Å². The molecule has 0 bridgehead atoms. The van der Waals surface area contributed by atoms with Gasteiger partial charge >= 0.3 is 0 Å². The molecule has 1 saturated heterocycles. The van der Waals surface area contributed by atoms with Crippen molar-refractivity contribution in [2.75, 3.05) is 31.1 Å². The van der Waals surface area contributed by atoms with Gasteiger partial charge < -0.3 is 9.47 Å². The third kappa shape index (κ3) is 3.11. The number of rotatable bonds is 5. The molecule has 2 aromatic heterocycles. The summed E-state index contributed by atoms with van der Waals surface area (Å²) in [5.41, 5.74) is 0. The number of anilines is 1. The van der Waals surface area contributed by atoms with Crippen LogP contribution in [0.4, 0.5) is 5.82 Å². The Kier molecular flexibility index (Phi) is 3.86. The summed E-state index contributed by atoms with van der Waals surface area (Å²) in [4.78, 5) is 9.27. The predicted octanol–water partition coefficient (Wildman–Crippen LogP) is 2.80. The first-order valence-electron chi connectivity index (χ1n) is 9.37. The zero-order valence-corrected chi connectivity index (χ0v) is 15.2. The summed E-state index contributed by atoms with van der Waals surface area (Å²) in [6.45, 7) is 4.86. The first-order valence-corrected chi connectivity index (χ1v) is 9.78. The molecular formula is C18H24N6S. The monoisotopic (exact) mass is 356 g/mol. The van der Waals surface area contributed by atoms with Crippen molar-refractivity contribution < 1.29 is 0 Å². The summed E-state index contributed by atoms with van der Waals surface area (Å²) in [6.07, 6.45) is 6.96. The second-order valence-corrected chi connectivity index (χ2v) is 7.82. The molecule has 0 aromatic carbocycles. The summed E-state index contributed by atoms with van der Waals surface area (Å²) in [5, 5.41) is 4.91. The van der Waals surface area contributed by atoms with Crippen LogP contribution in [0.5, 0.6) is 0 Å². The molecule has 0 N–H and O–H groups in total. The van der Waals surface area contributed by atoms with Crippen molar-refractivity contribution in [3.8, 4) is 0 Å². The van der Waals surface area contributed by atoms with Gasteiger partial charge in [0.15, 0.2) is 4.77 Å². The minimum absolute atomic E-state index is 0.623. The fraction of sp³-hybridized carbons (Fsp3) is 0.611. The second kappa shape index (κ2) is 6.21. The minimum atomic E-state index is 0.623. The highest BCUT2D eigenvalue weighted by atomic mass is 32.1. The summed E-state index contributed by atoms with van der Waals surface area (Å²) >= 11 is 5.76. The number of hydrogen-bond acceptors (Lipinski definition) is 5. The van der Waals surface area contributed by atoms with Crippen molar-refractivity contribution in [3.05, 3.63) is 35.0 Å². The Labute approximate surface area is 153 Å². The average Bonchev–Trinajstić information content (AvgIpc) is 3.56. The van der Waals surface area contributed by atoms with E-state index in [0.717, 1.165) is 43.4 Å². The SMILES string of the molecule is S=c1n(CN2CCN(c3ccccn3)CC2)nc(C2CC2)n1C1CC1. The van der Waals surface area contributed by atoms with Gasteiger partial charge in [0.2, 0.25) is 0 Å². The third-order valence-corrected chi connectivity index (χ3v) is 5.84. The van der Waals surface area contributed by atoms with E-state index in [1.54, 1.807) is 0 Å². The van der Waals surface area contributed by atoms with Crippen LogP contribution in [0.25, 0.3) is 0 Å². The van der Waals surface area contributed by atoms with E-state index in [2.05, 4.69) is 36.2 Å². The van der Waals surface area contributed by atoms with Gasteiger partial charge in [-0.3, -0.25) is 4.90 Å². The Morgan fingerprint density at radius 2 is 1.84 bits per heavy atom. The molecule has 2 aliphatic carbocycles. The normalized spacial score (nSPS) is 21.7. The van der Waals surface area contributed by atoms with Gasteiger partial charge in [0.25, 0.3) is 0 Å². The number of piperazine rings is 1. The zero-order chi connectivity index (χ0) is 16.8. The van der Waals surface area contributed by atoms with Crippen LogP contribution in [0.3, 0.4) is 0 Å². The largest absolute Gasteiger partial charge is 0.354 e. The molecule has 2 aromatic rings. The van der Waals surface area contributed by atoms with Gasteiger partial charge in [0.05, 0.1) is 6.67 Å². The number of aromatic nitrogens is 4. The number of pyridine rings is 1. The van der Waals surface area contributed by atoms with Crippen molar-refractivity contribution in [1.29, 1.82) is 0 Å². The molecular weight excluding hydrogens is 332 g/mol. The molecule has 0 spiro atoms. The molecule has 0 amide bonds. The first kappa shape index (κ1) is 15.5. The highest BCUT2D eigenvalue weighted by molar-refractivity contribution is 7.71. The summed E-state index contributed by atoms with van der Waals surface area (Å²) in [5.74, 6) is 2.98. The Hall–Kier alpha value is -1.73. The van der Waals surface area contributed by atoms with Crippen LogP contribution >= 0.6 is 12.2 Å². The van der Waals surface area contributed by atoms with Crippen molar-refractivity contribution in [2.45, 2.75) is 44.3 Å². The molecule has 1 aliphatic heterocycles. The maximum Gasteiger partial charge on any atom is 0.199 e. The second-order valence-electron chi connectivity index (χ2n) is 7.45. The maximum absolute atomic E-state index is 5.76. The predicted molar refractivity (Wildman–Crippen MR) is 99.3 cm³/mol. The van der Waals surface area contributed by atoms with Gasteiger partial charge in [-0.1, -0.05) is 6.07 Å². The molecule has 3 aliphatic rings. The van der Waals surface area contributed by atoms with Gasteiger partial charge in [0.1, 0.15) is 11.6 Å². The minimum Gasteiger partial charge on any atom is -0.354 e. The Bertz CT molecular complexity index is 797. The molecule has 2 saturated carbocycles. The van der Waals surface area contributed by atoms with Crippen LogP contribution in [-0.4, -0.2) is 50.4 Å². The van der Waals surface area contributed by atoms with Crippen molar-refractivity contribution >= 4 is 18.0 Å². The van der Waals surface area contributed by atoms with Gasteiger partial charge in [-0.25, -0.2) is 9.67 Å². The van der Waals surface area contributed by atoms with Crippen molar-refractivity contribution in [1.82, 2.24) is 24.2 Å². The van der Waals surface area contributed by atoms with E-state index in [1.807, 2.05) is 12.3 Å². The number of nitrogens with zero attached hydrogens (tertiary/aromatic N) is 6. The smallest absolute Gasteiger partial charge is 0.199 e. The van der Waals surface area contributed by atoms with Crippen LogP contribution in [-0.2, 0) is 6.67 Å². The lowest BCUT2D eigenvalue weighted by molar-refractivity contribution is 0.193. The Morgan fingerprint density at radius 3 is 2.48 bits per heavy atom. The molecule has 7 heteroatoms. The van der Waals surface area contributed by atoms with Gasteiger partial charge in [-0.2, -0.15) is 5.10 Å². The maximum atomic E-state index is 5.76. The van der Waals surface area contributed by atoms with E-state index in [-0.39, 0.29) is 0 Å². The fourth-order valence-electron chi connectivity index (χ4n) is 3.67. The highest BCUT2D eigenvalue weighted by Crippen LogP contribution is 2.44. The lowest BCUT2D eigenvalue weighted by Crippen LogP contribution is -2.47. The van der Waals surface area contributed by atoms with Gasteiger partial charge in [-0.05, 0) is 50.0 Å². The third-order valence-electron chi connectivity index (χ3n) is 5.43. The summed E-state index contributed by atoms with van der Waals surface area (Å²) in [6, 6.07) is 6.73. The van der Waals surface area contributed by atoms with Crippen LogP contribution in [0, 0.1) is 4.77 Å². The highest BCUT2D eigenvalue weighted by Gasteiger charge is 2.36. The first-order chi connectivity index (χ1) is 12.3. The topological polar surface area (TPSA) is 42.1 Å². The van der Waals surface area contributed by atoms with Crippen molar-refractivity contribution in [3.63, 3.8) is 0 Å². The summed E-state index contributed by atoms with van der Waals surface area (Å²) in [7, 11) is 0. The molecule has 0 radical (unpaired) electrons. The lowest BCUT2D eigenvalue weighted by Gasteiger charge is -2.35. The average molecular weight is 356 g/mol. The van der Waals surface area contributed by atoms with Crippen molar-refractivity contribution in [2.24, 2.45) is 0 Å². The van der Waals surface area contributed by atoms with Crippen LogP contribution < -0.4 is 4.90 Å². The van der Waals surface area contributed by atoms with Gasteiger partial charge in [0, 0.05) is 44.3 Å². The van der Waals surface area contributed by atoms with Crippen LogP contribution in [0.15, 0.2) is 24.4 Å². The standard InChI is InChI=1S/C18H24N6S/c25-18-23(20-17(14-4-5-14)24(18)15-6-7-15)13-21-9-11-22(12-10-21)16-3-1-2-8-19-16/h1-3,8,14-15H,4-7,9-13H2. The van der Waals surface area contributed by atoms with E-state index in [0.29, 0.717) is 12.0 Å². The molecule has 0 atom stereocenters. The van der Waals surface area contributed by atoms with E-state index < -0.39 is 0 Å². The zero-order valence-electron chi connectivity index (χ0n) is 14.4. The quantitative estimate of drug-likeness (QED) is 0.771. The van der Waals surface area contributed by atoms with Crippen LogP contribution in [0.1, 0.15) is 43.5 Å². The molecule has 3 fully saturated rings. The van der Waals surface area contributed by atoms with Gasteiger partial charge in [-0.15, -0.1) is 0 Å². The molecule has 5 rings (SSSR count). The van der Waals surface area contributed by atoms with E-state index >= 15 is 0 Å². The van der Waals surface area contributed by atoms with E-state index in [4.69, 9.17) is 17.3 Å². The molecule has 0 unspecified atom stereocenters. The Morgan fingerprint density at radius 1 is 1.04 bits per heavy atom. The van der Waals surface area contributed by atoms with E-state index in [9.17, 15) is 0 Å². The lowest BCUT2D eigenvalue weighted by atomic mass is 10.3. The Balaban J connectivity index is 1.27. The molecule has 25 heavy (non-hydrogen) atoms. The molecule has 132 valence electrons.